The number of halogens is 1. The molecule has 1 heterocycles. The van der Waals surface area contributed by atoms with Crippen molar-refractivity contribution in [2.24, 2.45) is 5.14 Å². The highest BCUT2D eigenvalue weighted by Gasteiger charge is 2.19. The molecule has 122 valence electrons. The number of hydrogen-bond donors (Lipinski definition) is 2. The Hall–Kier alpha value is -1.55. The molecule has 1 aliphatic heterocycles. The lowest BCUT2D eigenvalue weighted by atomic mass is 10.2. The van der Waals surface area contributed by atoms with E-state index in [0.29, 0.717) is 31.9 Å². The van der Waals surface area contributed by atoms with Crippen molar-refractivity contribution in [2.45, 2.75) is 11.8 Å². The van der Waals surface area contributed by atoms with Gasteiger partial charge in [-0.25, -0.2) is 17.9 Å². The Kier molecular flexibility index (Phi) is 5.12. The molecule has 0 aromatic heterocycles. The van der Waals surface area contributed by atoms with E-state index in [0.717, 1.165) is 12.1 Å². The summed E-state index contributed by atoms with van der Waals surface area (Å²) in [7, 11) is -4.19. The van der Waals surface area contributed by atoms with E-state index in [4.69, 9.17) is 9.88 Å². The summed E-state index contributed by atoms with van der Waals surface area (Å²) in [5.41, 5.74) is 0.643. The van der Waals surface area contributed by atoms with Gasteiger partial charge in [-0.2, -0.15) is 0 Å². The zero-order valence-electron chi connectivity index (χ0n) is 12.1. The maximum Gasteiger partial charge on any atom is 0.241 e. The van der Waals surface area contributed by atoms with Gasteiger partial charge in [-0.05, 0) is 24.6 Å². The molecule has 1 aliphatic rings. The van der Waals surface area contributed by atoms with Crippen molar-refractivity contribution in [1.29, 1.82) is 0 Å². The van der Waals surface area contributed by atoms with Crippen molar-refractivity contribution in [3.05, 3.63) is 23.5 Å². The summed E-state index contributed by atoms with van der Waals surface area (Å²) in [4.78, 5) is 13.3. The molecule has 1 saturated heterocycles. The van der Waals surface area contributed by atoms with Crippen LogP contribution in [-0.2, 0) is 19.6 Å². The third kappa shape index (κ3) is 4.23. The van der Waals surface area contributed by atoms with Gasteiger partial charge in [-0.15, -0.1) is 0 Å². The number of sulfonamides is 1. The van der Waals surface area contributed by atoms with Crippen LogP contribution in [-0.4, -0.2) is 52.1 Å². The number of amides is 1. The Morgan fingerprint density at radius 2 is 2.05 bits per heavy atom. The van der Waals surface area contributed by atoms with Crippen LogP contribution in [0.25, 0.3) is 0 Å². The number of rotatable bonds is 4. The first-order chi connectivity index (χ1) is 10.3. The molecule has 3 N–H and O–H groups in total. The first kappa shape index (κ1) is 16.8. The number of primary sulfonamides is 1. The lowest BCUT2D eigenvalue weighted by molar-refractivity contribution is -0.118. The standard InChI is InChI=1S/C13H18FN3O4S/c1-9-6-10(14)12(22(15,19)20)7-11(9)16-13(18)8-17-2-4-21-5-3-17/h6-7H,2-5,8H2,1H3,(H,16,18)(H2,15,19,20). The highest BCUT2D eigenvalue weighted by molar-refractivity contribution is 7.89. The summed E-state index contributed by atoms with van der Waals surface area (Å²) in [6, 6.07) is 2.07. The number of nitrogens with zero attached hydrogens (tertiary/aromatic N) is 1. The topological polar surface area (TPSA) is 102 Å². The number of carbonyl (C=O) groups is 1. The fourth-order valence-electron chi connectivity index (χ4n) is 2.16. The third-order valence-electron chi connectivity index (χ3n) is 3.33. The van der Waals surface area contributed by atoms with Crippen LogP contribution in [0.4, 0.5) is 10.1 Å². The first-order valence-electron chi connectivity index (χ1n) is 6.70. The summed E-state index contributed by atoms with van der Waals surface area (Å²) >= 11 is 0. The average Bonchev–Trinajstić information content (AvgIpc) is 2.41. The Labute approximate surface area is 128 Å². The lowest BCUT2D eigenvalue weighted by Crippen LogP contribution is -2.41. The van der Waals surface area contributed by atoms with Gasteiger partial charge in [0.15, 0.2) is 0 Å². The van der Waals surface area contributed by atoms with E-state index in [-0.39, 0.29) is 18.1 Å². The highest BCUT2D eigenvalue weighted by Crippen LogP contribution is 2.23. The maximum atomic E-state index is 13.6. The molecule has 2 rings (SSSR count). The molecule has 1 amide bonds. The van der Waals surface area contributed by atoms with Gasteiger partial charge >= 0.3 is 0 Å². The number of benzene rings is 1. The molecule has 0 saturated carbocycles. The third-order valence-corrected chi connectivity index (χ3v) is 4.26. The average molecular weight is 331 g/mol. The van der Waals surface area contributed by atoms with Crippen LogP contribution in [0, 0.1) is 12.7 Å². The van der Waals surface area contributed by atoms with Crippen LogP contribution in [0.15, 0.2) is 17.0 Å². The lowest BCUT2D eigenvalue weighted by Gasteiger charge is -2.26. The summed E-state index contributed by atoms with van der Waals surface area (Å²) < 4.78 is 41.5. The van der Waals surface area contributed by atoms with Crippen molar-refractivity contribution in [2.75, 3.05) is 38.2 Å². The molecular weight excluding hydrogens is 313 g/mol. The van der Waals surface area contributed by atoms with Gasteiger partial charge in [0.2, 0.25) is 15.9 Å². The molecule has 0 bridgehead atoms. The molecule has 1 fully saturated rings. The summed E-state index contributed by atoms with van der Waals surface area (Å²) in [5.74, 6) is -1.25. The van der Waals surface area contributed by atoms with Gasteiger partial charge in [0.1, 0.15) is 10.7 Å². The molecule has 1 aromatic rings. The first-order valence-corrected chi connectivity index (χ1v) is 8.25. The van der Waals surface area contributed by atoms with E-state index in [2.05, 4.69) is 5.32 Å². The fraction of sp³-hybridized carbons (Fsp3) is 0.462. The Morgan fingerprint density at radius 3 is 2.64 bits per heavy atom. The molecule has 0 atom stereocenters. The van der Waals surface area contributed by atoms with Gasteiger partial charge in [-0.3, -0.25) is 9.69 Å². The second-order valence-corrected chi connectivity index (χ2v) is 6.61. The Bertz CT molecular complexity index is 672. The Balaban J connectivity index is 2.13. The smallest absolute Gasteiger partial charge is 0.241 e. The van der Waals surface area contributed by atoms with E-state index in [1.807, 2.05) is 4.90 Å². The predicted octanol–water partition coefficient (Wildman–Crippen LogP) is 0.0522. The van der Waals surface area contributed by atoms with Crippen LogP contribution >= 0.6 is 0 Å². The van der Waals surface area contributed by atoms with Gasteiger partial charge in [-0.1, -0.05) is 0 Å². The minimum atomic E-state index is -4.19. The van der Waals surface area contributed by atoms with Crippen molar-refractivity contribution >= 4 is 21.6 Å². The predicted molar refractivity (Wildman–Crippen MR) is 78.4 cm³/mol. The van der Waals surface area contributed by atoms with Crippen molar-refractivity contribution < 1.29 is 22.3 Å². The number of ether oxygens (including phenoxy) is 1. The van der Waals surface area contributed by atoms with E-state index in [1.165, 1.54) is 0 Å². The number of carbonyl (C=O) groups excluding carboxylic acids is 1. The molecule has 0 radical (unpaired) electrons. The number of morpholine rings is 1. The highest BCUT2D eigenvalue weighted by atomic mass is 32.2. The number of anilines is 1. The minimum Gasteiger partial charge on any atom is -0.379 e. The normalized spacial score (nSPS) is 16.5. The van der Waals surface area contributed by atoms with Crippen LogP contribution in [0.1, 0.15) is 5.56 Å². The van der Waals surface area contributed by atoms with Crippen molar-refractivity contribution in [3.8, 4) is 0 Å². The number of nitrogens with one attached hydrogen (secondary N) is 1. The zero-order chi connectivity index (χ0) is 16.3. The largest absolute Gasteiger partial charge is 0.379 e. The van der Waals surface area contributed by atoms with E-state index >= 15 is 0 Å². The maximum absolute atomic E-state index is 13.6. The Morgan fingerprint density at radius 1 is 1.41 bits per heavy atom. The van der Waals surface area contributed by atoms with E-state index in [9.17, 15) is 17.6 Å². The van der Waals surface area contributed by atoms with Gasteiger partial charge in [0.05, 0.1) is 19.8 Å². The number of aryl methyl sites for hydroxylation is 1. The quantitative estimate of drug-likeness (QED) is 0.812. The molecule has 7 nitrogen and oxygen atoms in total. The fourth-order valence-corrected chi connectivity index (χ4v) is 2.77. The molecule has 0 unspecified atom stereocenters. The van der Waals surface area contributed by atoms with E-state index in [1.54, 1.807) is 6.92 Å². The van der Waals surface area contributed by atoms with E-state index < -0.39 is 20.7 Å². The molecule has 1 aromatic carbocycles. The summed E-state index contributed by atoms with van der Waals surface area (Å²) in [6.07, 6.45) is 0. The molecular formula is C13H18FN3O4S. The van der Waals surface area contributed by atoms with Crippen molar-refractivity contribution in [1.82, 2.24) is 4.90 Å². The monoisotopic (exact) mass is 331 g/mol. The molecule has 9 heteroatoms. The molecule has 22 heavy (non-hydrogen) atoms. The van der Waals surface area contributed by atoms with Crippen LogP contribution in [0.2, 0.25) is 0 Å². The number of hydrogen-bond acceptors (Lipinski definition) is 5. The summed E-state index contributed by atoms with van der Waals surface area (Å²) in [5, 5.41) is 7.54. The van der Waals surface area contributed by atoms with Crippen LogP contribution in [0.3, 0.4) is 0 Å². The zero-order valence-corrected chi connectivity index (χ0v) is 13.0. The molecule has 0 spiro atoms. The van der Waals surface area contributed by atoms with Crippen molar-refractivity contribution in [3.63, 3.8) is 0 Å². The minimum absolute atomic E-state index is 0.158. The van der Waals surface area contributed by atoms with Gasteiger partial charge in [0, 0.05) is 18.8 Å². The second-order valence-electron chi connectivity index (χ2n) is 5.08. The van der Waals surface area contributed by atoms with Crippen LogP contribution < -0.4 is 10.5 Å². The van der Waals surface area contributed by atoms with Gasteiger partial charge in [0.25, 0.3) is 0 Å². The van der Waals surface area contributed by atoms with Crippen LogP contribution in [0.5, 0.6) is 0 Å². The van der Waals surface area contributed by atoms with Gasteiger partial charge < -0.3 is 10.1 Å². The second kappa shape index (κ2) is 6.69. The molecule has 0 aliphatic carbocycles. The SMILES string of the molecule is Cc1cc(F)c(S(N)(=O)=O)cc1NC(=O)CN1CCOCC1. The number of nitrogens with two attached hydrogens (primary N) is 1. The summed E-state index contributed by atoms with van der Waals surface area (Å²) in [6.45, 7) is 4.17.